The number of rotatable bonds is 3. The van der Waals surface area contributed by atoms with Crippen molar-refractivity contribution in [1.82, 2.24) is 30.0 Å². The summed E-state index contributed by atoms with van der Waals surface area (Å²) in [7, 11) is 1.59. The molecule has 0 fully saturated rings. The lowest BCUT2D eigenvalue weighted by atomic mass is 10.1. The second kappa shape index (κ2) is 6.75. The minimum atomic E-state index is -0.0732. The van der Waals surface area contributed by atoms with Crippen molar-refractivity contribution in [2.45, 2.75) is 26.0 Å². The molecule has 0 saturated heterocycles. The Labute approximate surface area is 161 Å². The minimum absolute atomic E-state index is 0.0732. The average Bonchev–Trinajstić information content (AvgIpc) is 3.37. The molecule has 2 aliphatic rings. The number of carbonyl (C=O) groups is 1. The zero-order valence-electron chi connectivity index (χ0n) is 15.5. The van der Waals surface area contributed by atoms with Crippen LogP contribution >= 0.6 is 0 Å². The van der Waals surface area contributed by atoms with Crippen molar-refractivity contribution >= 4 is 5.91 Å². The Kier molecular flexibility index (Phi) is 4.09. The molecule has 3 aromatic rings. The van der Waals surface area contributed by atoms with Crippen molar-refractivity contribution in [3.05, 3.63) is 46.7 Å². The highest BCUT2D eigenvalue weighted by molar-refractivity contribution is 5.94. The molecule has 5 rings (SSSR count). The summed E-state index contributed by atoms with van der Waals surface area (Å²) in [6.45, 7) is 2.18. The SMILES string of the molecule is COc1ccc(-c2nc3c([nH]2)CN(C(=O)c2n[nH]c4c2COCC4)CC3)cn1. The van der Waals surface area contributed by atoms with E-state index in [4.69, 9.17) is 9.47 Å². The second-order valence-electron chi connectivity index (χ2n) is 6.91. The number of nitrogens with one attached hydrogen (secondary N) is 2. The maximum Gasteiger partial charge on any atom is 0.275 e. The molecule has 5 heterocycles. The third-order valence-corrected chi connectivity index (χ3v) is 5.24. The molecule has 0 aromatic carbocycles. The van der Waals surface area contributed by atoms with Gasteiger partial charge in [0.15, 0.2) is 5.69 Å². The molecule has 2 aliphatic heterocycles. The number of aromatic nitrogens is 5. The molecule has 2 N–H and O–H groups in total. The molecule has 0 saturated carbocycles. The molecule has 0 radical (unpaired) electrons. The lowest BCUT2D eigenvalue weighted by molar-refractivity contribution is 0.0713. The molecule has 0 unspecified atom stereocenters. The number of pyridine rings is 1. The molecule has 9 heteroatoms. The first-order valence-electron chi connectivity index (χ1n) is 9.24. The Hall–Kier alpha value is -3.20. The summed E-state index contributed by atoms with van der Waals surface area (Å²) >= 11 is 0. The summed E-state index contributed by atoms with van der Waals surface area (Å²) < 4.78 is 10.6. The van der Waals surface area contributed by atoms with Crippen molar-refractivity contribution in [2.24, 2.45) is 0 Å². The monoisotopic (exact) mass is 380 g/mol. The van der Waals surface area contributed by atoms with Gasteiger partial charge in [-0.2, -0.15) is 5.10 Å². The summed E-state index contributed by atoms with van der Waals surface area (Å²) in [4.78, 5) is 27.1. The van der Waals surface area contributed by atoms with Gasteiger partial charge in [0, 0.05) is 48.5 Å². The predicted molar refractivity (Wildman–Crippen MR) is 98.8 cm³/mol. The van der Waals surface area contributed by atoms with E-state index in [1.807, 2.05) is 11.0 Å². The molecular formula is C19H20N6O3. The number of methoxy groups -OCH3 is 1. The largest absolute Gasteiger partial charge is 0.481 e. The third kappa shape index (κ3) is 2.84. The Morgan fingerprint density at radius 3 is 3.04 bits per heavy atom. The summed E-state index contributed by atoms with van der Waals surface area (Å²) in [6.07, 6.45) is 3.19. The Bertz CT molecular complexity index is 1020. The standard InChI is InChI=1S/C19H20N6O3/c1-27-16-3-2-11(8-20-16)18-21-14-4-6-25(9-15(14)22-18)19(26)17-12-10-28-7-5-13(12)23-24-17/h2-3,8H,4-7,9-10H2,1H3,(H,21,22)(H,23,24). The number of nitrogens with zero attached hydrogens (tertiary/aromatic N) is 4. The van der Waals surface area contributed by atoms with Gasteiger partial charge in [-0.05, 0) is 6.07 Å². The van der Waals surface area contributed by atoms with E-state index in [9.17, 15) is 4.79 Å². The van der Waals surface area contributed by atoms with Crippen LogP contribution in [0.5, 0.6) is 5.88 Å². The molecule has 0 atom stereocenters. The Morgan fingerprint density at radius 1 is 1.29 bits per heavy atom. The van der Waals surface area contributed by atoms with Gasteiger partial charge in [-0.25, -0.2) is 9.97 Å². The van der Waals surface area contributed by atoms with E-state index in [1.54, 1.807) is 19.4 Å². The van der Waals surface area contributed by atoms with Gasteiger partial charge in [0.2, 0.25) is 5.88 Å². The average molecular weight is 380 g/mol. The van der Waals surface area contributed by atoms with Crippen LogP contribution in [0.15, 0.2) is 18.3 Å². The number of amides is 1. The summed E-state index contributed by atoms with van der Waals surface area (Å²) in [5.74, 6) is 1.24. The normalized spacial score (nSPS) is 15.8. The Balaban J connectivity index is 1.37. The number of ether oxygens (including phenoxy) is 2. The first-order valence-corrected chi connectivity index (χ1v) is 9.24. The highest BCUT2D eigenvalue weighted by atomic mass is 16.5. The van der Waals surface area contributed by atoms with E-state index < -0.39 is 0 Å². The van der Waals surface area contributed by atoms with Crippen LogP contribution in [0.1, 0.15) is 33.1 Å². The van der Waals surface area contributed by atoms with E-state index in [2.05, 4.69) is 25.1 Å². The van der Waals surface area contributed by atoms with Gasteiger partial charge in [0.25, 0.3) is 5.91 Å². The van der Waals surface area contributed by atoms with Crippen LogP contribution in [0.3, 0.4) is 0 Å². The summed E-state index contributed by atoms with van der Waals surface area (Å²) in [5.41, 5.74) is 5.18. The van der Waals surface area contributed by atoms with Crippen molar-refractivity contribution in [1.29, 1.82) is 0 Å². The number of aromatic amines is 2. The van der Waals surface area contributed by atoms with Crippen LogP contribution in [0, 0.1) is 0 Å². The van der Waals surface area contributed by atoms with Gasteiger partial charge in [0.1, 0.15) is 5.82 Å². The lowest BCUT2D eigenvalue weighted by Gasteiger charge is -2.26. The van der Waals surface area contributed by atoms with E-state index in [1.165, 1.54) is 0 Å². The zero-order chi connectivity index (χ0) is 19.1. The first kappa shape index (κ1) is 16.9. The van der Waals surface area contributed by atoms with Gasteiger partial charge in [0.05, 0.1) is 38.3 Å². The van der Waals surface area contributed by atoms with Gasteiger partial charge in [-0.15, -0.1) is 0 Å². The van der Waals surface area contributed by atoms with E-state index in [0.717, 1.165) is 40.5 Å². The fraction of sp³-hybridized carbons (Fsp3) is 0.368. The van der Waals surface area contributed by atoms with Gasteiger partial charge in [-0.1, -0.05) is 0 Å². The third-order valence-electron chi connectivity index (χ3n) is 5.24. The molecule has 1 amide bonds. The molecule has 144 valence electrons. The summed E-state index contributed by atoms with van der Waals surface area (Å²) in [5, 5.41) is 7.24. The number of hydrogen-bond donors (Lipinski definition) is 2. The minimum Gasteiger partial charge on any atom is -0.481 e. The van der Waals surface area contributed by atoms with Crippen LogP contribution in [0.4, 0.5) is 0 Å². The maximum absolute atomic E-state index is 13.0. The highest BCUT2D eigenvalue weighted by Gasteiger charge is 2.29. The number of H-pyrrole nitrogens is 2. The van der Waals surface area contributed by atoms with E-state index >= 15 is 0 Å². The smallest absolute Gasteiger partial charge is 0.275 e. The molecule has 9 nitrogen and oxygen atoms in total. The van der Waals surface area contributed by atoms with Crippen LogP contribution in [-0.4, -0.2) is 56.2 Å². The second-order valence-corrected chi connectivity index (χ2v) is 6.91. The van der Waals surface area contributed by atoms with Crippen LogP contribution < -0.4 is 4.74 Å². The zero-order valence-corrected chi connectivity index (χ0v) is 15.5. The highest BCUT2D eigenvalue weighted by Crippen LogP contribution is 2.25. The van der Waals surface area contributed by atoms with Gasteiger partial charge >= 0.3 is 0 Å². The molecular weight excluding hydrogens is 360 g/mol. The molecule has 3 aromatic heterocycles. The van der Waals surface area contributed by atoms with E-state index in [0.29, 0.717) is 44.3 Å². The topological polar surface area (TPSA) is 109 Å². The van der Waals surface area contributed by atoms with Gasteiger partial charge in [-0.3, -0.25) is 9.89 Å². The molecule has 0 aliphatic carbocycles. The van der Waals surface area contributed by atoms with Crippen molar-refractivity contribution < 1.29 is 14.3 Å². The van der Waals surface area contributed by atoms with Crippen LogP contribution in [0.2, 0.25) is 0 Å². The molecule has 28 heavy (non-hydrogen) atoms. The Morgan fingerprint density at radius 2 is 2.21 bits per heavy atom. The quantitative estimate of drug-likeness (QED) is 0.712. The predicted octanol–water partition coefficient (Wildman–Crippen LogP) is 1.47. The number of fused-ring (bicyclic) bond motifs is 2. The van der Waals surface area contributed by atoms with Gasteiger partial charge < -0.3 is 19.4 Å². The van der Waals surface area contributed by atoms with Crippen LogP contribution in [-0.2, 0) is 30.7 Å². The number of hydrogen-bond acceptors (Lipinski definition) is 6. The molecule has 0 spiro atoms. The van der Waals surface area contributed by atoms with Crippen molar-refractivity contribution in [2.75, 3.05) is 20.3 Å². The summed E-state index contributed by atoms with van der Waals surface area (Å²) in [6, 6.07) is 3.71. The van der Waals surface area contributed by atoms with Crippen molar-refractivity contribution in [3.63, 3.8) is 0 Å². The fourth-order valence-electron chi connectivity index (χ4n) is 3.68. The fourth-order valence-corrected chi connectivity index (χ4v) is 3.68. The maximum atomic E-state index is 13.0. The van der Waals surface area contributed by atoms with E-state index in [-0.39, 0.29) is 5.91 Å². The van der Waals surface area contributed by atoms with Crippen LogP contribution in [0.25, 0.3) is 11.4 Å². The number of carbonyl (C=O) groups excluding carboxylic acids is 1. The number of imidazole rings is 1. The first-order chi connectivity index (χ1) is 13.7. The van der Waals surface area contributed by atoms with Crippen molar-refractivity contribution in [3.8, 4) is 17.3 Å². The lowest BCUT2D eigenvalue weighted by Crippen LogP contribution is -2.36. The molecule has 0 bridgehead atoms.